The second-order valence-corrected chi connectivity index (χ2v) is 6.56. The number of hydrogen-bond acceptors (Lipinski definition) is 3. The van der Waals surface area contributed by atoms with Crippen LogP contribution in [0.25, 0.3) is 0 Å². The molecule has 1 N–H and O–H groups in total. The maximum absolute atomic E-state index is 10.6. The first-order valence-electron chi connectivity index (χ1n) is 6.87. The summed E-state index contributed by atoms with van der Waals surface area (Å²) >= 11 is 0. The van der Waals surface area contributed by atoms with Crippen molar-refractivity contribution >= 4 is 11.4 Å². The Bertz CT molecular complexity index is 454. The van der Waals surface area contributed by atoms with Crippen LogP contribution in [0.1, 0.15) is 40.0 Å². The quantitative estimate of drug-likeness (QED) is 0.655. The molecule has 1 saturated carbocycles. The SMILES string of the molecule is CC1CC(Nc2ccc([N+](=O)[O-])cc2)CC(C)(C)C1. The van der Waals surface area contributed by atoms with Gasteiger partial charge in [0.1, 0.15) is 0 Å². The molecular formula is C15H22N2O2. The van der Waals surface area contributed by atoms with Crippen molar-refractivity contribution in [2.45, 2.75) is 46.1 Å². The number of nitro benzene ring substituents is 1. The molecule has 0 saturated heterocycles. The highest BCUT2D eigenvalue weighted by atomic mass is 16.6. The number of rotatable bonds is 3. The fraction of sp³-hybridized carbons (Fsp3) is 0.600. The van der Waals surface area contributed by atoms with Gasteiger partial charge < -0.3 is 5.32 Å². The van der Waals surface area contributed by atoms with E-state index in [1.165, 1.54) is 12.8 Å². The number of non-ortho nitro benzene ring substituents is 1. The number of nitrogens with zero attached hydrogens (tertiary/aromatic N) is 1. The zero-order valence-electron chi connectivity index (χ0n) is 11.8. The Morgan fingerprint density at radius 1 is 1.26 bits per heavy atom. The van der Waals surface area contributed by atoms with Crippen molar-refractivity contribution in [2.75, 3.05) is 5.32 Å². The van der Waals surface area contributed by atoms with Gasteiger partial charge in [0.05, 0.1) is 4.92 Å². The standard InChI is InChI=1S/C15H22N2O2/c1-11-8-13(10-15(2,3)9-11)16-12-4-6-14(7-5-12)17(18)19/h4-7,11,13,16H,8-10H2,1-3H3. The fourth-order valence-corrected chi connectivity index (χ4v) is 3.37. The molecule has 0 heterocycles. The van der Waals surface area contributed by atoms with Gasteiger partial charge in [0.2, 0.25) is 0 Å². The summed E-state index contributed by atoms with van der Waals surface area (Å²) in [5.41, 5.74) is 1.49. The predicted octanol–water partition coefficient (Wildman–Crippen LogP) is 4.22. The molecule has 1 aromatic carbocycles. The zero-order chi connectivity index (χ0) is 14.0. The first-order chi connectivity index (χ1) is 8.85. The van der Waals surface area contributed by atoms with E-state index in [9.17, 15) is 10.1 Å². The van der Waals surface area contributed by atoms with Gasteiger partial charge >= 0.3 is 0 Å². The van der Waals surface area contributed by atoms with Crippen LogP contribution in [0.4, 0.5) is 11.4 Å². The molecule has 1 aromatic rings. The summed E-state index contributed by atoms with van der Waals surface area (Å²) in [4.78, 5) is 10.3. The van der Waals surface area contributed by atoms with Crippen molar-refractivity contribution in [1.29, 1.82) is 0 Å². The Morgan fingerprint density at radius 2 is 1.89 bits per heavy atom. The van der Waals surface area contributed by atoms with Gasteiger partial charge in [0.25, 0.3) is 5.69 Å². The average molecular weight is 262 g/mol. The lowest BCUT2D eigenvalue weighted by atomic mass is 9.70. The molecule has 0 radical (unpaired) electrons. The molecule has 2 unspecified atom stereocenters. The average Bonchev–Trinajstić information content (AvgIpc) is 2.26. The van der Waals surface area contributed by atoms with E-state index in [0.717, 1.165) is 18.0 Å². The van der Waals surface area contributed by atoms with Crippen LogP contribution in [0.5, 0.6) is 0 Å². The smallest absolute Gasteiger partial charge is 0.269 e. The molecular weight excluding hydrogens is 240 g/mol. The third-order valence-electron chi connectivity index (χ3n) is 3.84. The summed E-state index contributed by atoms with van der Waals surface area (Å²) in [7, 11) is 0. The summed E-state index contributed by atoms with van der Waals surface area (Å²) in [6.45, 7) is 6.92. The largest absolute Gasteiger partial charge is 0.382 e. The minimum Gasteiger partial charge on any atom is -0.382 e. The molecule has 4 nitrogen and oxygen atoms in total. The predicted molar refractivity (Wildman–Crippen MR) is 77.3 cm³/mol. The normalized spacial score (nSPS) is 25.8. The van der Waals surface area contributed by atoms with Crippen LogP contribution in [0.15, 0.2) is 24.3 Å². The number of nitrogens with one attached hydrogen (secondary N) is 1. The Hall–Kier alpha value is -1.58. The minimum absolute atomic E-state index is 0.142. The second-order valence-electron chi connectivity index (χ2n) is 6.56. The van der Waals surface area contributed by atoms with E-state index in [0.29, 0.717) is 11.5 Å². The van der Waals surface area contributed by atoms with Crippen LogP contribution >= 0.6 is 0 Å². The molecule has 19 heavy (non-hydrogen) atoms. The Kier molecular flexibility index (Phi) is 3.78. The van der Waals surface area contributed by atoms with E-state index in [-0.39, 0.29) is 10.6 Å². The lowest BCUT2D eigenvalue weighted by Crippen LogP contribution is -2.35. The first kappa shape index (κ1) is 13.8. The van der Waals surface area contributed by atoms with Crippen LogP contribution < -0.4 is 5.32 Å². The van der Waals surface area contributed by atoms with Crippen molar-refractivity contribution < 1.29 is 4.92 Å². The molecule has 104 valence electrons. The molecule has 0 amide bonds. The minimum atomic E-state index is -0.366. The van der Waals surface area contributed by atoms with E-state index in [2.05, 4.69) is 26.1 Å². The monoisotopic (exact) mass is 262 g/mol. The van der Waals surface area contributed by atoms with E-state index in [1.807, 2.05) is 0 Å². The highest BCUT2D eigenvalue weighted by Crippen LogP contribution is 2.39. The van der Waals surface area contributed by atoms with Gasteiger partial charge in [-0.15, -0.1) is 0 Å². The third-order valence-corrected chi connectivity index (χ3v) is 3.84. The molecule has 2 atom stereocenters. The summed E-state index contributed by atoms with van der Waals surface area (Å²) in [5, 5.41) is 14.1. The van der Waals surface area contributed by atoms with Crippen LogP contribution in [0.3, 0.4) is 0 Å². The topological polar surface area (TPSA) is 55.2 Å². The molecule has 0 aliphatic heterocycles. The molecule has 0 spiro atoms. The summed E-state index contributed by atoms with van der Waals surface area (Å²) in [5.74, 6) is 0.722. The Balaban J connectivity index is 2.02. The van der Waals surface area contributed by atoms with Gasteiger partial charge in [-0.05, 0) is 42.7 Å². The maximum atomic E-state index is 10.6. The van der Waals surface area contributed by atoms with E-state index >= 15 is 0 Å². The van der Waals surface area contributed by atoms with Crippen LogP contribution in [0, 0.1) is 21.4 Å². The fourth-order valence-electron chi connectivity index (χ4n) is 3.37. The zero-order valence-corrected chi connectivity index (χ0v) is 11.8. The molecule has 4 heteroatoms. The van der Waals surface area contributed by atoms with Gasteiger partial charge in [-0.3, -0.25) is 10.1 Å². The van der Waals surface area contributed by atoms with E-state index in [1.54, 1.807) is 24.3 Å². The number of hydrogen-bond donors (Lipinski definition) is 1. The van der Waals surface area contributed by atoms with Crippen molar-refractivity contribution in [1.82, 2.24) is 0 Å². The summed E-state index contributed by atoms with van der Waals surface area (Å²) < 4.78 is 0. The van der Waals surface area contributed by atoms with Gasteiger partial charge in [0.15, 0.2) is 0 Å². The van der Waals surface area contributed by atoms with Gasteiger partial charge in [-0.1, -0.05) is 20.8 Å². The molecule has 0 aromatic heterocycles. The van der Waals surface area contributed by atoms with E-state index < -0.39 is 0 Å². The molecule has 1 aliphatic rings. The van der Waals surface area contributed by atoms with Crippen molar-refractivity contribution in [3.05, 3.63) is 34.4 Å². The number of anilines is 1. The van der Waals surface area contributed by atoms with Crippen molar-refractivity contribution in [3.63, 3.8) is 0 Å². The molecule has 0 bridgehead atoms. The van der Waals surface area contributed by atoms with Crippen LogP contribution in [-0.4, -0.2) is 11.0 Å². The van der Waals surface area contributed by atoms with Gasteiger partial charge in [-0.25, -0.2) is 0 Å². The lowest BCUT2D eigenvalue weighted by Gasteiger charge is -2.39. The highest BCUT2D eigenvalue weighted by molar-refractivity contribution is 5.49. The van der Waals surface area contributed by atoms with Gasteiger partial charge in [-0.2, -0.15) is 0 Å². The third kappa shape index (κ3) is 3.69. The number of nitro groups is 1. The first-order valence-corrected chi connectivity index (χ1v) is 6.87. The van der Waals surface area contributed by atoms with Gasteiger partial charge in [0, 0.05) is 23.9 Å². The van der Waals surface area contributed by atoms with E-state index in [4.69, 9.17) is 0 Å². The number of benzene rings is 1. The molecule has 1 aliphatic carbocycles. The van der Waals surface area contributed by atoms with Crippen molar-refractivity contribution in [3.8, 4) is 0 Å². The summed E-state index contributed by atoms with van der Waals surface area (Å²) in [6.07, 6.45) is 3.58. The van der Waals surface area contributed by atoms with Crippen molar-refractivity contribution in [2.24, 2.45) is 11.3 Å². The Morgan fingerprint density at radius 3 is 2.42 bits per heavy atom. The van der Waals surface area contributed by atoms with Crippen LogP contribution in [0.2, 0.25) is 0 Å². The molecule has 2 rings (SSSR count). The Labute approximate surface area is 114 Å². The summed E-state index contributed by atoms with van der Waals surface area (Å²) in [6, 6.07) is 7.16. The second kappa shape index (κ2) is 5.19. The van der Waals surface area contributed by atoms with Crippen LogP contribution in [-0.2, 0) is 0 Å². The molecule has 1 fully saturated rings. The highest BCUT2D eigenvalue weighted by Gasteiger charge is 2.31. The maximum Gasteiger partial charge on any atom is 0.269 e. The lowest BCUT2D eigenvalue weighted by molar-refractivity contribution is -0.384.